The van der Waals surface area contributed by atoms with E-state index >= 15 is 0 Å². The Kier molecular flexibility index (Phi) is 6.85. The zero-order valence-electron chi connectivity index (χ0n) is 13.6. The van der Waals surface area contributed by atoms with E-state index in [1.165, 1.54) is 28.0 Å². The second-order valence-electron chi connectivity index (χ2n) is 5.19. The lowest BCUT2D eigenvalue weighted by Crippen LogP contribution is -2.30. The van der Waals surface area contributed by atoms with Crippen molar-refractivity contribution in [2.75, 3.05) is 11.9 Å². The van der Waals surface area contributed by atoms with E-state index < -0.39 is 0 Å². The molecule has 9 heteroatoms. The van der Waals surface area contributed by atoms with E-state index in [1.807, 2.05) is 24.4 Å². The van der Waals surface area contributed by atoms with Crippen molar-refractivity contribution in [2.24, 2.45) is 0 Å². The molecule has 132 valence electrons. The third-order valence-corrected chi connectivity index (χ3v) is 7.18. The molecule has 1 unspecified atom stereocenters. The summed E-state index contributed by atoms with van der Waals surface area (Å²) >= 11 is 6.33. The van der Waals surface area contributed by atoms with Crippen LogP contribution in [0.2, 0.25) is 0 Å². The predicted molar refractivity (Wildman–Crippen MR) is 108 cm³/mol. The molecule has 0 aliphatic heterocycles. The van der Waals surface area contributed by atoms with Crippen LogP contribution in [0.25, 0.3) is 0 Å². The number of hydrogen-bond donors (Lipinski definition) is 2. The lowest BCUT2D eigenvalue weighted by Gasteiger charge is -2.09. The van der Waals surface area contributed by atoms with Gasteiger partial charge in [-0.3, -0.25) is 4.79 Å². The first kappa shape index (κ1) is 18.4. The Bertz CT molecular complexity index is 770. The molecule has 0 aliphatic rings. The van der Waals surface area contributed by atoms with Crippen molar-refractivity contribution in [1.29, 1.82) is 0 Å². The zero-order valence-corrected chi connectivity index (χ0v) is 16.9. The van der Waals surface area contributed by atoms with E-state index in [9.17, 15) is 4.79 Å². The first-order valence-corrected chi connectivity index (χ1v) is 11.2. The maximum absolute atomic E-state index is 12.2. The number of aromatic nitrogens is 2. The molecule has 3 aromatic heterocycles. The maximum Gasteiger partial charge on any atom is 0.233 e. The molecule has 0 aromatic carbocycles. The van der Waals surface area contributed by atoms with Crippen molar-refractivity contribution in [1.82, 2.24) is 15.5 Å². The van der Waals surface area contributed by atoms with Gasteiger partial charge in [0.2, 0.25) is 11.0 Å². The smallest absolute Gasteiger partial charge is 0.233 e. The highest BCUT2D eigenvalue weighted by Gasteiger charge is 2.17. The zero-order chi connectivity index (χ0) is 17.5. The SMILES string of the molecule is CC(Sc1nnc(NCCc2cccs2)s1)C(=O)NCc1cccs1. The van der Waals surface area contributed by atoms with E-state index in [1.54, 1.807) is 22.7 Å². The van der Waals surface area contributed by atoms with Gasteiger partial charge in [-0.25, -0.2) is 0 Å². The van der Waals surface area contributed by atoms with Crippen molar-refractivity contribution < 1.29 is 4.79 Å². The van der Waals surface area contributed by atoms with Gasteiger partial charge in [0.05, 0.1) is 11.8 Å². The molecule has 0 radical (unpaired) electrons. The fraction of sp³-hybridized carbons (Fsp3) is 0.312. The van der Waals surface area contributed by atoms with E-state index in [4.69, 9.17) is 0 Å². The topological polar surface area (TPSA) is 66.9 Å². The number of amides is 1. The van der Waals surface area contributed by atoms with Gasteiger partial charge in [-0.1, -0.05) is 35.2 Å². The third kappa shape index (κ3) is 5.81. The number of rotatable bonds is 9. The van der Waals surface area contributed by atoms with Gasteiger partial charge in [0.1, 0.15) is 0 Å². The normalized spacial score (nSPS) is 12.0. The van der Waals surface area contributed by atoms with Crippen molar-refractivity contribution in [2.45, 2.75) is 29.5 Å². The maximum atomic E-state index is 12.2. The molecular weight excluding hydrogens is 392 g/mol. The molecule has 5 nitrogen and oxygen atoms in total. The molecule has 3 heterocycles. The van der Waals surface area contributed by atoms with Crippen molar-refractivity contribution in [3.8, 4) is 0 Å². The second kappa shape index (κ2) is 9.33. The Balaban J connectivity index is 1.41. The Labute approximate surface area is 162 Å². The van der Waals surface area contributed by atoms with Crippen LogP contribution in [0.3, 0.4) is 0 Å². The quantitative estimate of drug-likeness (QED) is 0.520. The molecule has 1 atom stereocenters. The van der Waals surface area contributed by atoms with Gasteiger partial charge in [0.25, 0.3) is 0 Å². The summed E-state index contributed by atoms with van der Waals surface area (Å²) in [6.07, 6.45) is 0.973. The van der Waals surface area contributed by atoms with Crippen molar-refractivity contribution in [3.05, 3.63) is 44.8 Å². The summed E-state index contributed by atoms with van der Waals surface area (Å²) in [5, 5.41) is 19.2. The van der Waals surface area contributed by atoms with Crippen molar-refractivity contribution in [3.63, 3.8) is 0 Å². The number of nitrogens with zero attached hydrogens (tertiary/aromatic N) is 2. The molecule has 0 saturated carbocycles. The number of anilines is 1. The molecule has 0 saturated heterocycles. The van der Waals surface area contributed by atoms with Crippen LogP contribution >= 0.6 is 45.8 Å². The summed E-state index contributed by atoms with van der Waals surface area (Å²) in [6.45, 7) is 3.30. The lowest BCUT2D eigenvalue weighted by molar-refractivity contribution is -0.120. The summed E-state index contributed by atoms with van der Waals surface area (Å²) in [6, 6.07) is 8.19. The molecule has 2 N–H and O–H groups in total. The van der Waals surface area contributed by atoms with Crippen LogP contribution in [0.1, 0.15) is 16.7 Å². The summed E-state index contributed by atoms with van der Waals surface area (Å²) < 4.78 is 0.803. The van der Waals surface area contributed by atoms with E-state index in [-0.39, 0.29) is 11.2 Å². The number of carbonyl (C=O) groups is 1. The van der Waals surface area contributed by atoms with Crippen LogP contribution in [0.15, 0.2) is 39.4 Å². The number of nitrogens with one attached hydrogen (secondary N) is 2. The van der Waals surface area contributed by atoms with Crippen LogP contribution in [0, 0.1) is 0 Å². The van der Waals surface area contributed by atoms with Crippen LogP contribution in [-0.2, 0) is 17.8 Å². The minimum atomic E-state index is -0.202. The molecule has 0 spiro atoms. The lowest BCUT2D eigenvalue weighted by atomic mass is 10.3. The van der Waals surface area contributed by atoms with Gasteiger partial charge in [-0.05, 0) is 36.2 Å². The first-order chi connectivity index (χ1) is 12.2. The fourth-order valence-electron chi connectivity index (χ4n) is 2.01. The highest BCUT2D eigenvalue weighted by Crippen LogP contribution is 2.29. The highest BCUT2D eigenvalue weighted by molar-refractivity contribution is 8.02. The molecule has 1 amide bonds. The fourth-order valence-corrected chi connectivity index (χ4v) is 5.31. The van der Waals surface area contributed by atoms with Crippen LogP contribution in [-0.4, -0.2) is 27.9 Å². The minimum Gasteiger partial charge on any atom is -0.360 e. The molecule has 25 heavy (non-hydrogen) atoms. The summed E-state index contributed by atoms with van der Waals surface area (Å²) in [4.78, 5) is 14.7. The molecule has 3 aromatic rings. The van der Waals surface area contributed by atoms with E-state index in [0.717, 1.165) is 27.3 Å². The van der Waals surface area contributed by atoms with E-state index in [2.05, 4.69) is 38.3 Å². The molecular formula is C16H18N4OS4. The monoisotopic (exact) mass is 410 g/mol. The molecule has 0 fully saturated rings. The average Bonchev–Trinajstić information content (AvgIpc) is 3.36. The second-order valence-corrected chi connectivity index (χ2v) is 9.82. The van der Waals surface area contributed by atoms with Gasteiger partial charge in [-0.2, -0.15) is 0 Å². The van der Waals surface area contributed by atoms with Crippen LogP contribution in [0.5, 0.6) is 0 Å². The summed E-state index contributed by atoms with van der Waals surface area (Å²) in [7, 11) is 0. The standard InChI is InChI=1S/C16H18N4OS4/c1-11(14(21)18-10-13-5-3-9-23-13)24-16-20-19-15(25-16)17-7-6-12-4-2-8-22-12/h2-5,8-9,11H,6-7,10H2,1H3,(H,17,19)(H,18,21). The predicted octanol–water partition coefficient (Wildman–Crippen LogP) is 4.11. The number of thiophene rings is 2. The Morgan fingerprint density at radius 3 is 2.68 bits per heavy atom. The Morgan fingerprint density at radius 1 is 1.20 bits per heavy atom. The largest absolute Gasteiger partial charge is 0.360 e. The van der Waals surface area contributed by atoms with Gasteiger partial charge >= 0.3 is 0 Å². The highest BCUT2D eigenvalue weighted by atomic mass is 32.2. The van der Waals surface area contributed by atoms with Crippen LogP contribution in [0.4, 0.5) is 5.13 Å². The Morgan fingerprint density at radius 2 is 1.96 bits per heavy atom. The van der Waals surface area contributed by atoms with E-state index in [0.29, 0.717) is 6.54 Å². The minimum absolute atomic E-state index is 0.0146. The molecule has 3 rings (SSSR count). The first-order valence-electron chi connectivity index (χ1n) is 7.77. The summed E-state index contributed by atoms with van der Waals surface area (Å²) in [5.74, 6) is 0.0146. The van der Waals surface area contributed by atoms with Gasteiger partial charge < -0.3 is 10.6 Å². The Hall–Kier alpha value is -1.42. The number of carbonyl (C=O) groups excluding carboxylic acids is 1. The van der Waals surface area contributed by atoms with Gasteiger partial charge in [-0.15, -0.1) is 32.9 Å². The molecule has 0 bridgehead atoms. The summed E-state index contributed by atoms with van der Waals surface area (Å²) in [5.41, 5.74) is 0. The average molecular weight is 411 g/mol. The number of hydrogen-bond acceptors (Lipinski definition) is 8. The van der Waals surface area contributed by atoms with Gasteiger partial charge in [0, 0.05) is 16.3 Å². The van der Waals surface area contributed by atoms with Crippen LogP contribution < -0.4 is 10.6 Å². The number of thioether (sulfide) groups is 1. The third-order valence-electron chi connectivity index (χ3n) is 3.30. The van der Waals surface area contributed by atoms with Crippen molar-refractivity contribution >= 4 is 56.8 Å². The van der Waals surface area contributed by atoms with Gasteiger partial charge in [0.15, 0.2) is 4.34 Å². The molecule has 0 aliphatic carbocycles.